The molecule has 1 aliphatic heterocycles. The molecule has 0 aromatic heterocycles. The summed E-state index contributed by atoms with van der Waals surface area (Å²) >= 11 is 1.62. The normalized spacial score (nSPS) is 18.8. The first-order chi connectivity index (χ1) is 12.6. The number of likely N-dealkylation sites (tertiary alicyclic amines) is 1. The molecule has 26 heavy (non-hydrogen) atoms. The van der Waals surface area contributed by atoms with E-state index in [-0.39, 0.29) is 11.2 Å². The predicted octanol–water partition coefficient (Wildman–Crippen LogP) is 4.37. The Hall–Kier alpha value is -1.78. The number of carbonyl (C=O) groups is 1. The Morgan fingerprint density at radius 2 is 1.77 bits per heavy atom. The molecule has 2 aromatic carbocycles. The van der Waals surface area contributed by atoms with Crippen molar-refractivity contribution < 1.29 is 4.79 Å². The quantitative estimate of drug-likeness (QED) is 0.737. The Bertz CT molecular complexity index is 690. The fraction of sp³-hybridized carbons (Fsp3) is 0.409. The Kier molecular flexibility index (Phi) is 6.75. The molecule has 1 amide bonds. The van der Waals surface area contributed by atoms with Crippen molar-refractivity contribution in [2.24, 2.45) is 5.92 Å². The number of nitrogens with one attached hydrogen (secondary N) is 1. The van der Waals surface area contributed by atoms with Gasteiger partial charge in [0.2, 0.25) is 5.91 Å². The van der Waals surface area contributed by atoms with Crippen LogP contribution in [0.2, 0.25) is 0 Å². The van der Waals surface area contributed by atoms with Crippen LogP contribution in [0.4, 0.5) is 0 Å². The van der Waals surface area contributed by atoms with Gasteiger partial charge in [0.15, 0.2) is 0 Å². The van der Waals surface area contributed by atoms with E-state index in [0.717, 1.165) is 30.1 Å². The fourth-order valence-electron chi connectivity index (χ4n) is 3.37. The van der Waals surface area contributed by atoms with Gasteiger partial charge in [0, 0.05) is 24.0 Å². The second-order valence-corrected chi connectivity index (χ2v) is 8.39. The summed E-state index contributed by atoms with van der Waals surface area (Å²) in [6.07, 6.45) is 1.17. The van der Waals surface area contributed by atoms with Crippen molar-refractivity contribution in [1.29, 1.82) is 0 Å². The first-order valence-electron chi connectivity index (χ1n) is 9.42. The lowest BCUT2D eigenvalue weighted by molar-refractivity contribution is -0.120. The Labute approximate surface area is 161 Å². The number of thioether (sulfide) groups is 1. The van der Waals surface area contributed by atoms with E-state index in [9.17, 15) is 4.79 Å². The Balaban J connectivity index is 1.64. The minimum atomic E-state index is -0.221. The van der Waals surface area contributed by atoms with Crippen LogP contribution in [0.1, 0.15) is 31.1 Å². The second-order valence-electron chi connectivity index (χ2n) is 7.21. The van der Waals surface area contributed by atoms with Gasteiger partial charge in [-0.3, -0.25) is 4.79 Å². The van der Waals surface area contributed by atoms with E-state index >= 15 is 0 Å². The highest BCUT2D eigenvalue weighted by molar-refractivity contribution is 8.00. The molecule has 3 nitrogen and oxygen atoms in total. The summed E-state index contributed by atoms with van der Waals surface area (Å²) < 4.78 is 0. The standard InChI is InChI=1S/C22H28N2OS/c1-17(2)24-14-13-18(16-24)15-23-22(25)21(19-9-5-3-6-10-19)26-20-11-7-4-8-12-20/h3-12,17-18,21H,13-16H2,1-2H3,(H,23,25). The van der Waals surface area contributed by atoms with Crippen LogP contribution in [0.25, 0.3) is 0 Å². The van der Waals surface area contributed by atoms with Crippen LogP contribution in [0.15, 0.2) is 65.6 Å². The number of hydrogen-bond donors (Lipinski definition) is 1. The van der Waals surface area contributed by atoms with Gasteiger partial charge in [0.05, 0.1) is 0 Å². The van der Waals surface area contributed by atoms with Crippen LogP contribution >= 0.6 is 11.8 Å². The van der Waals surface area contributed by atoms with Crippen molar-refractivity contribution in [2.45, 2.75) is 36.5 Å². The van der Waals surface area contributed by atoms with Gasteiger partial charge < -0.3 is 10.2 Å². The maximum Gasteiger partial charge on any atom is 0.238 e. The molecule has 3 rings (SSSR count). The van der Waals surface area contributed by atoms with Crippen molar-refractivity contribution in [3.8, 4) is 0 Å². The molecule has 1 aliphatic rings. The highest BCUT2D eigenvalue weighted by Gasteiger charge is 2.26. The SMILES string of the molecule is CC(C)N1CCC(CNC(=O)C(Sc2ccccc2)c2ccccc2)C1. The monoisotopic (exact) mass is 368 g/mol. The summed E-state index contributed by atoms with van der Waals surface area (Å²) in [6.45, 7) is 7.46. The van der Waals surface area contributed by atoms with E-state index < -0.39 is 0 Å². The molecule has 0 saturated carbocycles. The molecule has 1 saturated heterocycles. The van der Waals surface area contributed by atoms with E-state index in [2.05, 4.69) is 36.2 Å². The van der Waals surface area contributed by atoms with Crippen molar-refractivity contribution in [3.63, 3.8) is 0 Å². The number of carbonyl (C=O) groups excluding carboxylic acids is 1. The summed E-state index contributed by atoms with van der Waals surface area (Å²) in [5.41, 5.74) is 1.05. The largest absolute Gasteiger partial charge is 0.355 e. The minimum Gasteiger partial charge on any atom is -0.355 e. The molecule has 1 heterocycles. The summed E-state index contributed by atoms with van der Waals surface area (Å²) in [5, 5.41) is 3.00. The van der Waals surface area contributed by atoms with E-state index in [1.807, 2.05) is 48.5 Å². The molecular weight excluding hydrogens is 340 g/mol. The third-order valence-electron chi connectivity index (χ3n) is 4.95. The van der Waals surface area contributed by atoms with E-state index in [1.54, 1.807) is 11.8 Å². The third kappa shape index (κ3) is 5.12. The number of amides is 1. The van der Waals surface area contributed by atoms with Crippen LogP contribution in [0.3, 0.4) is 0 Å². The number of rotatable bonds is 7. The summed E-state index contributed by atoms with van der Waals surface area (Å²) in [5.74, 6) is 0.660. The summed E-state index contributed by atoms with van der Waals surface area (Å²) in [7, 11) is 0. The minimum absolute atomic E-state index is 0.105. The topological polar surface area (TPSA) is 32.3 Å². The average Bonchev–Trinajstić information content (AvgIpc) is 3.15. The summed E-state index contributed by atoms with van der Waals surface area (Å²) in [4.78, 5) is 16.6. The predicted molar refractivity (Wildman–Crippen MR) is 109 cm³/mol. The molecule has 0 aliphatic carbocycles. The van der Waals surface area contributed by atoms with Gasteiger partial charge in [0.1, 0.15) is 5.25 Å². The molecule has 4 heteroatoms. The van der Waals surface area contributed by atoms with Crippen molar-refractivity contribution in [1.82, 2.24) is 10.2 Å². The van der Waals surface area contributed by atoms with Crippen LogP contribution in [0, 0.1) is 5.92 Å². The highest BCUT2D eigenvalue weighted by Crippen LogP contribution is 2.35. The molecule has 138 valence electrons. The second kappa shape index (κ2) is 9.24. The lowest BCUT2D eigenvalue weighted by atomic mass is 10.1. The van der Waals surface area contributed by atoms with Crippen LogP contribution in [-0.4, -0.2) is 36.5 Å². The molecule has 2 atom stereocenters. The zero-order valence-electron chi connectivity index (χ0n) is 15.6. The van der Waals surface area contributed by atoms with Gasteiger partial charge in [-0.15, -0.1) is 11.8 Å². The van der Waals surface area contributed by atoms with Gasteiger partial charge >= 0.3 is 0 Å². The van der Waals surface area contributed by atoms with Gasteiger partial charge in [0.25, 0.3) is 0 Å². The van der Waals surface area contributed by atoms with Crippen molar-refractivity contribution in [2.75, 3.05) is 19.6 Å². The molecule has 0 spiro atoms. The van der Waals surface area contributed by atoms with Gasteiger partial charge in [-0.1, -0.05) is 48.5 Å². The smallest absolute Gasteiger partial charge is 0.238 e. The van der Waals surface area contributed by atoms with Crippen LogP contribution < -0.4 is 5.32 Å². The van der Waals surface area contributed by atoms with Crippen LogP contribution in [-0.2, 0) is 4.79 Å². The number of hydrogen-bond acceptors (Lipinski definition) is 3. The average molecular weight is 369 g/mol. The lowest BCUT2D eigenvalue weighted by Crippen LogP contribution is -2.34. The van der Waals surface area contributed by atoms with Gasteiger partial charge in [-0.2, -0.15) is 0 Å². The maximum atomic E-state index is 13.0. The fourth-order valence-corrected chi connectivity index (χ4v) is 4.44. The van der Waals surface area contributed by atoms with E-state index in [0.29, 0.717) is 12.0 Å². The molecule has 0 radical (unpaired) electrons. The summed E-state index contributed by atoms with van der Waals surface area (Å²) in [6, 6.07) is 20.8. The molecule has 0 bridgehead atoms. The number of nitrogens with zero attached hydrogens (tertiary/aromatic N) is 1. The Morgan fingerprint density at radius 1 is 1.12 bits per heavy atom. The van der Waals surface area contributed by atoms with E-state index in [4.69, 9.17) is 0 Å². The van der Waals surface area contributed by atoms with Gasteiger partial charge in [-0.25, -0.2) is 0 Å². The lowest BCUT2D eigenvalue weighted by Gasteiger charge is -2.21. The zero-order valence-corrected chi connectivity index (χ0v) is 16.4. The van der Waals surface area contributed by atoms with Gasteiger partial charge in [-0.05, 0) is 50.4 Å². The Morgan fingerprint density at radius 3 is 2.38 bits per heavy atom. The van der Waals surface area contributed by atoms with Crippen molar-refractivity contribution in [3.05, 3.63) is 66.2 Å². The first kappa shape index (κ1) is 19.0. The maximum absolute atomic E-state index is 13.0. The molecule has 2 aromatic rings. The van der Waals surface area contributed by atoms with E-state index in [1.165, 1.54) is 6.42 Å². The molecule has 2 unspecified atom stereocenters. The molecule has 1 fully saturated rings. The van der Waals surface area contributed by atoms with Crippen LogP contribution in [0.5, 0.6) is 0 Å². The molecule has 1 N–H and O–H groups in total. The number of benzene rings is 2. The first-order valence-corrected chi connectivity index (χ1v) is 10.3. The zero-order chi connectivity index (χ0) is 18.4. The van der Waals surface area contributed by atoms with Crippen molar-refractivity contribution >= 4 is 17.7 Å². The molecular formula is C22H28N2OS. The highest BCUT2D eigenvalue weighted by atomic mass is 32.2. The third-order valence-corrected chi connectivity index (χ3v) is 6.22.